The molecule has 2 aromatic carbocycles. The fourth-order valence-corrected chi connectivity index (χ4v) is 3.66. The van der Waals surface area contributed by atoms with Crippen molar-refractivity contribution in [3.63, 3.8) is 0 Å². The third-order valence-electron chi connectivity index (χ3n) is 5.31. The molecule has 0 unspecified atom stereocenters. The minimum Gasteiger partial charge on any atom is -0.465 e. The Kier molecular flexibility index (Phi) is 7.89. The number of carbonyl (C=O) groups is 1. The van der Waals surface area contributed by atoms with Crippen molar-refractivity contribution in [2.24, 2.45) is 0 Å². The van der Waals surface area contributed by atoms with Crippen molar-refractivity contribution < 1.29 is 18.7 Å². The predicted molar refractivity (Wildman–Crippen MR) is 130 cm³/mol. The van der Waals surface area contributed by atoms with E-state index in [1.54, 1.807) is 35.1 Å². The molecule has 0 aliphatic carbocycles. The SMILES string of the molecule is O=C(O)N(Cc1coc(/C=C/c2ccc(Cl)cc2F)n1)c1ccc(CCCCn2ccnn2)cc1. The molecule has 2 heterocycles. The lowest BCUT2D eigenvalue weighted by Gasteiger charge is -2.18. The van der Waals surface area contributed by atoms with Crippen molar-refractivity contribution >= 4 is 35.5 Å². The lowest BCUT2D eigenvalue weighted by molar-refractivity contribution is 0.201. The largest absolute Gasteiger partial charge is 0.465 e. The number of amides is 1. The fraction of sp³-hybridized carbons (Fsp3) is 0.200. The van der Waals surface area contributed by atoms with Gasteiger partial charge >= 0.3 is 6.09 Å². The molecule has 0 saturated heterocycles. The van der Waals surface area contributed by atoms with Crippen molar-refractivity contribution in [3.05, 3.63) is 94.7 Å². The second-order valence-electron chi connectivity index (χ2n) is 7.83. The van der Waals surface area contributed by atoms with Gasteiger partial charge < -0.3 is 9.52 Å². The molecule has 35 heavy (non-hydrogen) atoms. The first-order chi connectivity index (χ1) is 17.0. The molecule has 4 rings (SSSR count). The summed E-state index contributed by atoms with van der Waals surface area (Å²) in [5.74, 6) is -0.225. The summed E-state index contributed by atoms with van der Waals surface area (Å²) in [6, 6.07) is 11.8. The molecule has 4 aromatic rings. The van der Waals surface area contributed by atoms with E-state index in [1.807, 2.05) is 18.3 Å². The van der Waals surface area contributed by atoms with Gasteiger partial charge in [0.2, 0.25) is 5.89 Å². The predicted octanol–water partition coefficient (Wildman–Crippen LogP) is 5.94. The maximum atomic E-state index is 13.9. The van der Waals surface area contributed by atoms with Crippen LogP contribution >= 0.6 is 11.6 Å². The van der Waals surface area contributed by atoms with Crippen LogP contribution in [0.2, 0.25) is 5.02 Å². The number of hydrogen-bond donors (Lipinski definition) is 1. The van der Waals surface area contributed by atoms with E-state index in [9.17, 15) is 14.3 Å². The van der Waals surface area contributed by atoms with Crippen LogP contribution in [0.3, 0.4) is 0 Å². The van der Waals surface area contributed by atoms with Gasteiger partial charge in [0.1, 0.15) is 12.1 Å². The Bertz CT molecular complexity index is 1290. The van der Waals surface area contributed by atoms with Crippen molar-refractivity contribution in [2.75, 3.05) is 4.90 Å². The van der Waals surface area contributed by atoms with Crippen LogP contribution in [0.1, 0.15) is 35.6 Å². The number of rotatable bonds is 10. The van der Waals surface area contributed by atoms with Gasteiger partial charge in [-0.1, -0.05) is 35.0 Å². The number of nitrogens with zero attached hydrogens (tertiary/aromatic N) is 5. The first-order valence-corrected chi connectivity index (χ1v) is 11.4. The van der Waals surface area contributed by atoms with Gasteiger partial charge in [0.05, 0.1) is 18.4 Å². The van der Waals surface area contributed by atoms with Crippen molar-refractivity contribution in [1.82, 2.24) is 20.0 Å². The number of unbranched alkanes of at least 4 members (excludes halogenated alkanes) is 1. The molecule has 2 aromatic heterocycles. The summed E-state index contributed by atoms with van der Waals surface area (Å²) in [6.07, 6.45) is 9.65. The molecule has 0 radical (unpaired) electrons. The molecule has 8 nitrogen and oxygen atoms in total. The van der Waals surface area contributed by atoms with Gasteiger partial charge in [0, 0.05) is 35.1 Å². The smallest absolute Gasteiger partial charge is 0.412 e. The summed E-state index contributed by atoms with van der Waals surface area (Å²) in [6.45, 7) is 0.827. The van der Waals surface area contributed by atoms with Crippen LogP contribution in [-0.4, -0.2) is 31.2 Å². The molecule has 10 heteroatoms. The van der Waals surface area contributed by atoms with E-state index in [1.165, 1.54) is 29.4 Å². The fourth-order valence-electron chi connectivity index (χ4n) is 3.50. The Balaban J connectivity index is 1.34. The van der Waals surface area contributed by atoms with Crippen LogP contribution in [-0.2, 0) is 19.5 Å². The number of aryl methyl sites for hydroxylation is 2. The van der Waals surface area contributed by atoms with Crippen LogP contribution in [0.25, 0.3) is 12.2 Å². The van der Waals surface area contributed by atoms with Crippen LogP contribution in [0.15, 0.2) is 65.5 Å². The maximum Gasteiger partial charge on any atom is 0.412 e. The van der Waals surface area contributed by atoms with Crippen molar-refractivity contribution in [3.8, 4) is 0 Å². The van der Waals surface area contributed by atoms with Crippen LogP contribution in [0, 0.1) is 5.82 Å². The third-order valence-corrected chi connectivity index (χ3v) is 5.55. The first kappa shape index (κ1) is 24.2. The summed E-state index contributed by atoms with van der Waals surface area (Å²) in [7, 11) is 0. The van der Waals surface area contributed by atoms with Gasteiger partial charge in [0.15, 0.2) is 0 Å². The van der Waals surface area contributed by atoms with E-state index in [-0.39, 0.29) is 12.4 Å². The summed E-state index contributed by atoms with van der Waals surface area (Å²) in [5, 5.41) is 17.8. The number of halogens is 2. The van der Waals surface area contributed by atoms with Crippen LogP contribution in [0.4, 0.5) is 14.9 Å². The second-order valence-corrected chi connectivity index (χ2v) is 8.27. The molecule has 1 N–H and O–H groups in total. The highest BCUT2D eigenvalue weighted by molar-refractivity contribution is 6.30. The van der Waals surface area contributed by atoms with E-state index in [2.05, 4.69) is 15.3 Å². The Morgan fingerprint density at radius 3 is 2.71 bits per heavy atom. The zero-order valence-corrected chi connectivity index (χ0v) is 19.5. The van der Waals surface area contributed by atoms with Gasteiger partial charge in [-0.25, -0.2) is 14.2 Å². The molecule has 1 amide bonds. The number of aromatic nitrogens is 4. The summed E-state index contributed by atoms with van der Waals surface area (Å²) >= 11 is 5.76. The molecule has 0 aliphatic heterocycles. The lowest BCUT2D eigenvalue weighted by atomic mass is 10.1. The molecular weight excluding hydrogens is 473 g/mol. The molecule has 0 spiro atoms. The minimum absolute atomic E-state index is 0.0131. The van der Waals surface area contributed by atoms with E-state index < -0.39 is 11.9 Å². The second kappa shape index (κ2) is 11.4. The average Bonchev–Trinajstić information content (AvgIpc) is 3.52. The number of benzene rings is 2. The first-order valence-electron chi connectivity index (χ1n) is 11.0. The highest BCUT2D eigenvalue weighted by Gasteiger charge is 2.17. The maximum absolute atomic E-state index is 13.9. The van der Waals surface area contributed by atoms with E-state index >= 15 is 0 Å². The summed E-state index contributed by atoms with van der Waals surface area (Å²) < 4.78 is 21.1. The Hall–Kier alpha value is -3.98. The van der Waals surface area contributed by atoms with Crippen LogP contribution in [0.5, 0.6) is 0 Å². The molecule has 0 atom stereocenters. The zero-order chi connectivity index (χ0) is 24.6. The third kappa shape index (κ3) is 6.77. The van der Waals surface area contributed by atoms with Gasteiger partial charge in [-0.15, -0.1) is 5.10 Å². The minimum atomic E-state index is -1.10. The summed E-state index contributed by atoms with van der Waals surface area (Å²) in [4.78, 5) is 17.4. The van der Waals surface area contributed by atoms with Crippen LogP contribution < -0.4 is 4.90 Å². The Morgan fingerprint density at radius 1 is 1.17 bits per heavy atom. The number of hydrogen-bond acceptors (Lipinski definition) is 5. The highest BCUT2D eigenvalue weighted by atomic mass is 35.5. The van der Waals surface area contributed by atoms with Crippen molar-refractivity contribution in [2.45, 2.75) is 32.4 Å². The topological polar surface area (TPSA) is 97.3 Å². The molecule has 0 fully saturated rings. The van der Waals surface area contributed by atoms with Gasteiger partial charge in [-0.05, 0) is 55.2 Å². The number of anilines is 1. The number of carboxylic acid groups (broad SMARTS) is 1. The Labute approximate surface area is 206 Å². The monoisotopic (exact) mass is 495 g/mol. The number of oxazole rings is 1. The van der Waals surface area contributed by atoms with Gasteiger partial charge in [-0.3, -0.25) is 9.58 Å². The molecule has 180 valence electrons. The van der Waals surface area contributed by atoms with Gasteiger partial charge in [0.25, 0.3) is 0 Å². The Morgan fingerprint density at radius 2 is 2.00 bits per heavy atom. The lowest BCUT2D eigenvalue weighted by Crippen LogP contribution is -2.28. The molecule has 0 bridgehead atoms. The quantitative estimate of drug-likeness (QED) is 0.273. The average molecular weight is 496 g/mol. The normalized spacial score (nSPS) is 11.3. The standard InChI is InChI=1S/C25H23ClFN5O3/c26-20-8-6-19(23(27)15-20)7-11-24-29-21(17-35-24)16-32(25(33)34)22-9-4-18(5-10-22)3-1-2-13-31-14-12-28-30-31/h4-12,14-15,17H,1-3,13,16H2,(H,33,34)/b11-7+. The van der Waals surface area contributed by atoms with E-state index in [0.29, 0.717) is 22.0 Å². The molecule has 0 aliphatic rings. The van der Waals surface area contributed by atoms with E-state index in [4.69, 9.17) is 16.0 Å². The van der Waals surface area contributed by atoms with Gasteiger partial charge in [-0.2, -0.15) is 0 Å². The summed E-state index contributed by atoms with van der Waals surface area (Å²) in [5.41, 5.74) is 2.42. The molecule has 0 saturated carbocycles. The van der Waals surface area contributed by atoms with Crippen molar-refractivity contribution in [1.29, 1.82) is 0 Å². The van der Waals surface area contributed by atoms with E-state index in [0.717, 1.165) is 31.4 Å². The zero-order valence-electron chi connectivity index (χ0n) is 18.7. The highest BCUT2D eigenvalue weighted by Crippen LogP contribution is 2.21. The molecular formula is C25H23ClFN5O3.